The number of aromatic nitrogens is 4. The van der Waals surface area contributed by atoms with Crippen LogP contribution in [0, 0.1) is 5.92 Å². The lowest BCUT2D eigenvalue weighted by Crippen LogP contribution is -2.30. The second kappa shape index (κ2) is 8.55. The predicted molar refractivity (Wildman–Crippen MR) is 109 cm³/mol. The minimum atomic E-state index is 0.259. The van der Waals surface area contributed by atoms with Crippen LogP contribution in [-0.2, 0) is 11.3 Å². The van der Waals surface area contributed by atoms with E-state index in [0.29, 0.717) is 11.8 Å². The molecule has 3 heterocycles. The minimum absolute atomic E-state index is 0.259. The van der Waals surface area contributed by atoms with E-state index < -0.39 is 0 Å². The van der Waals surface area contributed by atoms with Crippen LogP contribution in [-0.4, -0.2) is 69.2 Å². The van der Waals surface area contributed by atoms with E-state index in [1.807, 2.05) is 4.68 Å². The number of carbonyl (C=O) groups is 1. The Bertz CT molecular complexity index is 810. The number of carbonyl (C=O) groups excluding carboxylic acids is 1. The number of fused-ring (bicyclic) bond motifs is 1. The van der Waals surface area contributed by atoms with Crippen molar-refractivity contribution in [3.05, 3.63) is 18.1 Å². The fourth-order valence-corrected chi connectivity index (χ4v) is 4.63. The Morgan fingerprint density at radius 3 is 2.71 bits per heavy atom. The van der Waals surface area contributed by atoms with Gasteiger partial charge in [-0.25, -0.2) is 14.6 Å². The molecule has 0 spiro atoms. The van der Waals surface area contributed by atoms with Gasteiger partial charge in [-0.05, 0) is 39.3 Å². The summed E-state index contributed by atoms with van der Waals surface area (Å²) < 4.78 is 1.98. The van der Waals surface area contributed by atoms with Crippen molar-refractivity contribution in [2.24, 2.45) is 5.92 Å². The maximum atomic E-state index is 12.8. The summed E-state index contributed by atoms with van der Waals surface area (Å²) in [5, 5.41) is 4.88. The Balaban J connectivity index is 1.46. The number of rotatable bonds is 6. The second-order valence-corrected chi connectivity index (χ2v) is 8.67. The van der Waals surface area contributed by atoms with Gasteiger partial charge in [0.15, 0.2) is 5.65 Å². The molecule has 1 aliphatic heterocycles. The van der Waals surface area contributed by atoms with E-state index in [1.54, 1.807) is 12.4 Å². The summed E-state index contributed by atoms with van der Waals surface area (Å²) in [5.41, 5.74) is 2.76. The van der Waals surface area contributed by atoms with Gasteiger partial charge in [0.2, 0.25) is 5.91 Å². The van der Waals surface area contributed by atoms with Gasteiger partial charge in [0.25, 0.3) is 0 Å². The van der Waals surface area contributed by atoms with E-state index in [1.165, 1.54) is 32.1 Å². The van der Waals surface area contributed by atoms with Crippen molar-refractivity contribution in [1.82, 2.24) is 29.5 Å². The minimum Gasteiger partial charge on any atom is -0.342 e. The standard InChI is InChI=1S/C21H32N6O/c1-25(2)12-13-27-21-20(22-9-10-23-21)19(24-27)17-8-11-26(15-17)18(28)14-16-6-4-3-5-7-16/h9-10,16-17H,3-8,11-15H2,1-2H3/t17-/m0/s1. The van der Waals surface area contributed by atoms with Crippen LogP contribution < -0.4 is 0 Å². The molecule has 1 saturated heterocycles. The highest BCUT2D eigenvalue weighted by Gasteiger charge is 2.32. The van der Waals surface area contributed by atoms with Gasteiger partial charge in [-0.1, -0.05) is 19.3 Å². The first kappa shape index (κ1) is 19.3. The van der Waals surface area contributed by atoms with E-state index in [2.05, 4.69) is 33.9 Å². The average molecular weight is 385 g/mol. The first-order chi connectivity index (χ1) is 13.6. The van der Waals surface area contributed by atoms with Crippen LogP contribution in [0.2, 0.25) is 0 Å². The summed E-state index contributed by atoms with van der Waals surface area (Å²) in [5.74, 6) is 1.18. The molecule has 4 rings (SSSR count). The monoisotopic (exact) mass is 384 g/mol. The van der Waals surface area contributed by atoms with E-state index in [4.69, 9.17) is 5.10 Å². The van der Waals surface area contributed by atoms with Crippen molar-refractivity contribution < 1.29 is 4.79 Å². The molecule has 1 saturated carbocycles. The Kier molecular flexibility index (Phi) is 5.90. The Hall–Kier alpha value is -2.02. The van der Waals surface area contributed by atoms with Crippen LogP contribution in [0.1, 0.15) is 56.6 Å². The van der Waals surface area contributed by atoms with Crippen LogP contribution in [0.25, 0.3) is 11.2 Å². The molecule has 7 heteroatoms. The highest BCUT2D eigenvalue weighted by molar-refractivity contribution is 5.78. The molecule has 2 aromatic rings. The van der Waals surface area contributed by atoms with Crippen LogP contribution in [0.15, 0.2) is 12.4 Å². The van der Waals surface area contributed by atoms with E-state index in [9.17, 15) is 4.79 Å². The molecule has 28 heavy (non-hydrogen) atoms. The number of likely N-dealkylation sites (N-methyl/N-ethyl adjacent to an activating group) is 1. The maximum Gasteiger partial charge on any atom is 0.222 e. The fourth-order valence-electron chi connectivity index (χ4n) is 4.63. The molecule has 0 N–H and O–H groups in total. The fraction of sp³-hybridized carbons (Fsp3) is 0.714. The molecule has 1 amide bonds. The van der Waals surface area contributed by atoms with Gasteiger partial charge in [-0.2, -0.15) is 5.10 Å². The summed E-state index contributed by atoms with van der Waals surface area (Å²) in [7, 11) is 4.12. The summed E-state index contributed by atoms with van der Waals surface area (Å²) in [6, 6.07) is 0. The van der Waals surface area contributed by atoms with Crippen LogP contribution in [0.3, 0.4) is 0 Å². The Labute approximate surface area is 167 Å². The number of hydrogen-bond acceptors (Lipinski definition) is 5. The van der Waals surface area contributed by atoms with Gasteiger partial charge in [-0.3, -0.25) is 4.79 Å². The number of amides is 1. The molecule has 0 bridgehead atoms. The summed E-state index contributed by atoms with van der Waals surface area (Å²) in [6.45, 7) is 3.30. The van der Waals surface area contributed by atoms with Crippen LogP contribution in [0.5, 0.6) is 0 Å². The Morgan fingerprint density at radius 1 is 1.14 bits per heavy atom. The molecule has 152 valence electrons. The third kappa shape index (κ3) is 4.19. The van der Waals surface area contributed by atoms with Gasteiger partial charge >= 0.3 is 0 Å². The Morgan fingerprint density at radius 2 is 1.93 bits per heavy atom. The van der Waals surface area contributed by atoms with Crippen LogP contribution >= 0.6 is 0 Å². The lowest BCUT2D eigenvalue weighted by Gasteiger charge is -2.24. The van der Waals surface area contributed by atoms with Gasteiger partial charge in [0.1, 0.15) is 5.52 Å². The van der Waals surface area contributed by atoms with Crippen molar-refractivity contribution in [2.75, 3.05) is 33.7 Å². The number of nitrogens with zero attached hydrogens (tertiary/aromatic N) is 6. The zero-order chi connectivity index (χ0) is 19.5. The first-order valence-electron chi connectivity index (χ1n) is 10.7. The van der Waals surface area contributed by atoms with E-state index in [-0.39, 0.29) is 5.92 Å². The highest BCUT2D eigenvalue weighted by Crippen LogP contribution is 2.32. The highest BCUT2D eigenvalue weighted by atomic mass is 16.2. The van der Waals surface area contributed by atoms with E-state index >= 15 is 0 Å². The topological polar surface area (TPSA) is 67.2 Å². The molecule has 0 unspecified atom stereocenters. The van der Waals surface area contributed by atoms with Gasteiger partial charge in [0, 0.05) is 44.4 Å². The molecule has 1 aliphatic carbocycles. The average Bonchev–Trinajstić information content (AvgIpc) is 3.32. The van der Waals surface area contributed by atoms with E-state index in [0.717, 1.165) is 55.9 Å². The summed E-state index contributed by atoms with van der Waals surface area (Å²) in [4.78, 5) is 26.1. The van der Waals surface area contributed by atoms with Crippen LogP contribution in [0.4, 0.5) is 0 Å². The lowest BCUT2D eigenvalue weighted by atomic mass is 9.87. The van der Waals surface area contributed by atoms with Crippen molar-refractivity contribution >= 4 is 17.1 Å². The normalized spacial score (nSPS) is 21.1. The molecule has 2 aliphatic rings. The molecule has 1 atom stereocenters. The quantitative estimate of drug-likeness (QED) is 0.766. The van der Waals surface area contributed by atoms with Gasteiger partial charge in [0.05, 0.1) is 12.2 Å². The van der Waals surface area contributed by atoms with Crippen molar-refractivity contribution in [3.8, 4) is 0 Å². The first-order valence-corrected chi connectivity index (χ1v) is 10.7. The lowest BCUT2D eigenvalue weighted by molar-refractivity contribution is -0.131. The maximum absolute atomic E-state index is 12.8. The molecular weight excluding hydrogens is 352 g/mol. The predicted octanol–water partition coefficient (Wildman–Crippen LogP) is 2.67. The number of likely N-dealkylation sites (tertiary alicyclic amines) is 1. The summed E-state index contributed by atoms with van der Waals surface area (Å²) in [6.07, 6.45) is 11.5. The molecule has 7 nitrogen and oxygen atoms in total. The SMILES string of the molecule is CN(C)CCn1nc([C@H]2CCN(C(=O)CC3CCCCC3)C2)c2nccnc21. The zero-order valence-corrected chi connectivity index (χ0v) is 17.2. The summed E-state index contributed by atoms with van der Waals surface area (Å²) >= 11 is 0. The third-order valence-corrected chi connectivity index (χ3v) is 6.27. The molecule has 2 aromatic heterocycles. The van der Waals surface area contributed by atoms with Gasteiger partial charge < -0.3 is 9.80 Å². The second-order valence-electron chi connectivity index (χ2n) is 8.67. The number of hydrogen-bond donors (Lipinski definition) is 0. The molecule has 0 aromatic carbocycles. The largest absolute Gasteiger partial charge is 0.342 e. The molecular formula is C21H32N6O. The van der Waals surface area contributed by atoms with Crippen molar-refractivity contribution in [1.29, 1.82) is 0 Å². The molecule has 2 fully saturated rings. The van der Waals surface area contributed by atoms with Crippen molar-refractivity contribution in [2.45, 2.75) is 57.4 Å². The molecule has 0 radical (unpaired) electrons. The zero-order valence-electron chi connectivity index (χ0n) is 17.2. The van der Waals surface area contributed by atoms with Crippen molar-refractivity contribution in [3.63, 3.8) is 0 Å². The van der Waals surface area contributed by atoms with Gasteiger partial charge in [-0.15, -0.1) is 0 Å². The smallest absolute Gasteiger partial charge is 0.222 e. The third-order valence-electron chi connectivity index (χ3n) is 6.27.